The molecule has 0 N–H and O–H groups in total. The number of rotatable bonds is 19. The zero-order valence-corrected chi connectivity index (χ0v) is 19.5. The molecule has 0 unspecified atom stereocenters. The second-order valence-corrected chi connectivity index (χ2v) is 8.58. The van der Waals surface area contributed by atoms with E-state index in [2.05, 4.69) is 28.1 Å². The molecule has 0 fully saturated rings. The molecule has 0 amide bonds. The largest absolute Gasteiger partial charge is 1.00 e. The third kappa shape index (κ3) is 26.7. The van der Waals surface area contributed by atoms with E-state index in [1.165, 1.54) is 103 Å². The second kappa shape index (κ2) is 20.7. The van der Waals surface area contributed by atoms with E-state index < -0.39 is 0 Å². The molecule has 0 aliphatic carbocycles. The van der Waals surface area contributed by atoms with Crippen LogP contribution in [-0.4, -0.2) is 45.4 Å². The number of ether oxygens (including phenoxy) is 1. The molecule has 2 nitrogen and oxygen atoms in total. The summed E-state index contributed by atoms with van der Waals surface area (Å²) in [6, 6.07) is 0. The first-order valence-corrected chi connectivity index (χ1v) is 10.9. The Bertz CT molecular complexity index is 241. The van der Waals surface area contributed by atoms with Crippen molar-refractivity contribution in [1.82, 2.24) is 0 Å². The predicted molar refractivity (Wildman–Crippen MR) is 109 cm³/mol. The Morgan fingerprint density at radius 3 is 1.28 bits per heavy atom. The van der Waals surface area contributed by atoms with Gasteiger partial charge in [0.15, 0.2) is 0 Å². The van der Waals surface area contributed by atoms with Crippen LogP contribution in [0.2, 0.25) is 0 Å². The van der Waals surface area contributed by atoms with Crippen molar-refractivity contribution >= 4 is 0 Å². The Hall–Kier alpha value is 0.400. The Morgan fingerprint density at radius 2 is 0.880 bits per heavy atom. The highest BCUT2D eigenvalue weighted by Crippen LogP contribution is 2.12. The Kier molecular flexibility index (Phi) is 22.9. The molecule has 0 spiro atoms. The fraction of sp³-hybridized carbons (Fsp3) is 1.00. The van der Waals surface area contributed by atoms with Gasteiger partial charge in [0.1, 0.15) is 0 Å². The van der Waals surface area contributed by atoms with Crippen LogP contribution in [0.15, 0.2) is 0 Å². The minimum atomic E-state index is 0. The normalized spacial score (nSPS) is 11.5. The lowest BCUT2D eigenvalue weighted by molar-refractivity contribution is -0.870. The van der Waals surface area contributed by atoms with Gasteiger partial charge in [0.05, 0.1) is 34.3 Å². The maximum Gasteiger partial charge on any atom is 0.0802 e. The Morgan fingerprint density at radius 1 is 0.520 bits per heavy atom. The standard InChI is InChI=1S/C22H48NO.BrH/c1-5-6-7-8-9-10-11-12-13-14-15-16-17-18-21-24-22-19-20-23(2,3)4;/h5-22H2,1-4H3;1H/q+1;/p-1. The fourth-order valence-electron chi connectivity index (χ4n) is 3.14. The maximum atomic E-state index is 5.73. The van der Waals surface area contributed by atoms with Gasteiger partial charge in [-0.2, -0.15) is 0 Å². The lowest BCUT2D eigenvalue weighted by atomic mass is 10.0. The van der Waals surface area contributed by atoms with Gasteiger partial charge >= 0.3 is 0 Å². The molecule has 0 rings (SSSR count). The monoisotopic (exact) mass is 421 g/mol. The molecule has 0 atom stereocenters. The molecule has 0 aromatic carbocycles. The molecule has 0 heterocycles. The van der Waals surface area contributed by atoms with Crippen LogP contribution in [-0.2, 0) is 4.74 Å². The first-order valence-electron chi connectivity index (χ1n) is 10.9. The summed E-state index contributed by atoms with van der Waals surface area (Å²) < 4.78 is 6.77. The van der Waals surface area contributed by atoms with Gasteiger partial charge < -0.3 is 26.2 Å². The molecular weight excluding hydrogens is 374 g/mol. The van der Waals surface area contributed by atoms with E-state index in [0.29, 0.717) is 0 Å². The molecule has 0 aliphatic heterocycles. The van der Waals surface area contributed by atoms with Crippen molar-refractivity contribution in [3.63, 3.8) is 0 Å². The predicted octanol–water partition coefficient (Wildman–Crippen LogP) is 3.58. The zero-order chi connectivity index (χ0) is 17.9. The van der Waals surface area contributed by atoms with Crippen LogP contribution >= 0.6 is 0 Å². The average Bonchev–Trinajstić information content (AvgIpc) is 2.52. The van der Waals surface area contributed by atoms with Crippen LogP contribution < -0.4 is 17.0 Å². The SMILES string of the molecule is CCCCCCCCCCCCCCCCOCCC[N+](C)(C)C.[Br-]. The molecular formula is C22H48BrNO. The fourth-order valence-corrected chi connectivity index (χ4v) is 3.14. The van der Waals surface area contributed by atoms with Gasteiger partial charge in [-0.3, -0.25) is 0 Å². The topological polar surface area (TPSA) is 9.23 Å². The lowest BCUT2D eigenvalue weighted by Gasteiger charge is -2.23. The molecule has 0 aromatic heterocycles. The number of quaternary nitrogens is 1. The van der Waals surface area contributed by atoms with Gasteiger partial charge in [-0.05, 0) is 6.42 Å². The van der Waals surface area contributed by atoms with Gasteiger partial charge in [-0.15, -0.1) is 0 Å². The molecule has 0 aromatic rings. The van der Waals surface area contributed by atoms with Crippen LogP contribution in [0.5, 0.6) is 0 Å². The number of nitrogens with zero attached hydrogens (tertiary/aromatic N) is 1. The van der Waals surface area contributed by atoms with Gasteiger partial charge in [0, 0.05) is 13.0 Å². The van der Waals surface area contributed by atoms with E-state index >= 15 is 0 Å². The molecule has 25 heavy (non-hydrogen) atoms. The van der Waals surface area contributed by atoms with Crippen molar-refractivity contribution in [2.24, 2.45) is 0 Å². The summed E-state index contributed by atoms with van der Waals surface area (Å²) in [5.74, 6) is 0. The summed E-state index contributed by atoms with van der Waals surface area (Å²) in [5.41, 5.74) is 0. The van der Waals surface area contributed by atoms with Gasteiger partial charge in [-0.25, -0.2) is 0 Å². The smallest absolute Gasteiger partial charge is 0.0802 e. The summed E-state index contributed by atoms with van der Waals surface area (Å²) in [6.07, 6.45) is 21.1. The van der Waals surface area contributed by atoms with Crippen molar-refractivity contribution in [3.8, 4) is 0 Å². The van der Waals surface area contributed by atoms with Crippen LogP contribution in [0.25, 0.3) is 0 Å². The summed E-state index contributed by atoms with van der Waals surface area (Å²) in [7, 11) is 6.73. The first-order chi connectivity index (χ1) is 11.6. The highest BCUT2D eigenvalue weighted by Gasteiger charge is 2.05. The summed E-state index contributed by atoms with van der Waals surface area (Å²) in [5, 5.41) is 0. The van der Waals surface area contributed by atoms with Crippen LogP contribution in [0.4, 0.5) is 0 Å². The third-order valence-corrected chi connectivity index (χ3v) is 4.76. The van der Waals surface area contributed by atoms with Crippen molar-refractivity contribution < 1.29 is 26.2 Å². The molecule has 0 saturated carbocycles. The van der Waals surface area contributed by atoms with Crippen molar-refractivity contribution in [3.05, 3.63) is 0 Å². The van der Waals surface area contributed by atoms with E-state index in [1.807, 2.05) is 0 Å². The van der Waals surface area contributed by atoms with E-state index in [9.17, 15) is 0 Å². The van der Waals surface area contributed by atoms with E-state index in [1.54, 1.807) is 0 Å². The van der Waals surface area contributed by atoms with E-state index in [-0.39, 0.29) is 17.0 Å². The van der Waals surface area contributed by atoms with Crippen molar-refractivity contribution in [2.45, 2.75) is 103 Å². The van der Waals surface area contributed by atoms with Crippen LogP contribution in [0, 0.1) is 0 Å². The molecule has 0 aliphatic rings. The van der Waals surface area contributed by atoms with Crippen molar-refractivity contribution in [2.75, 3.05) is 40.9 Å². The Labute approximate surface area is 170 Å². The quantitative estimate of drug-likeness (QED) is 0.228. The highest BCUT2D eigenvalue weighted by atomic mass is 79.9. The average molecular weight is 423 g/mol. The van der Waals surface area contributed by atoms with Crippen LogP contribution in [0.3, 0.4) is 0 Å². The maximum absolute atomic E-state index is 5.73. The van der Waals surface area contributed by atoms with Gasteiger partial charge in [-0.1, -0.05) is 90.4 Å². The second-order valence-electron chi connectivity index (χ2n) is 8.58. The molecule has 0 bridgehead atoms. The lowest BCUT2D eigenvalue weighted by Crippen LogP contribution is -3.00. The molecule has 0 radical (unpaired) electrons. The van der Waals surface area contributed by atoms with E-state index in [4.69, 9.17) is 4.74 Å². The van der Waals surface area contributed by atoms with Gasteiger partial charge in [0.2, 0.25) is 0 Å². The molecule has 3 heteroatoms. The minimum absolute atomic E-state index is 0. The zero-order valence-electron chi connectivity index (χ0n) is 18.0. The molecule has 0 saturated heterocycles. The number of hydrogen-bond donors (Lipinski definition) is 0. The summed E-state index contributed by atoms with van der Waals surface area (Å²) >= 11 is 0. The first kappa shape index (κ1) is 27.6. The van der Waals surface area contributed by atoms with Gasteiger partial charge in [0.25, 0.3) is 0 Å². The molecule has 154 valence electrons. The van der Waals surface area contributed by atoms with E-state index in [0.717, 1.165) is 17.7 Å². The summed E-state index contributed by atoms with van der Waals surface area (Å²) in [4.78, 5) is 0. The third-order valence-electron chi connectivity index (χ3n) is 4.76. The minimum Gasteiger partial charge on any atom is -1.00 e. The number of unbranched alkanes of at least 4 members (excludes halogenated alkanes) is 13. The van der Waals surface area contributed by atoms with Crippen molar-refractivity contribution in [1.29, 1.82) is 0 Å². The van der Waals surface area contributed by atoms with Crippen LogP contribution in [0.1, 0.15) is 103 Å². The highest BCUT2D eigenvalue weighted by molar-refractivity contribution is 4.49. The number of halogens is 1. The summed E-state index contributed by atoms with van der Waals surface area (Å²) in [6.45, 7) is 5.41. The Balaban J connectivity index is 0. The number of hydrogen-bond acceptors (Lipinski definition) is 1.